The summed E-state index contributed by atoms with van der Waals surface area (Å²) < 4.78 is 1.62. The molecule has 2 heterocycles. The number of carbonyl (C=O) groups is 1. The van der Waals surface area contributed by atoms with E-state index in [2.05, 4.69) is 17.0 Å². The van der Waals surface area contributed by atoms with E-state index in [0.717, 1.165) is 25.9 Å². The van der Waals surface area contributed by atoms with E-state index in [0.29, 0.717) is 24.5 Å². The first-order chi connectivity index (χ1) is 10.1. The first-order valence-corrected chi connectivity index (χ1v) is 7.50. The molecule has 1 aromatic heterocycles. The van der Waals surface area contributed by atoms with Gasteiger partial charge >= 0.3 is 0 Å². The lowest BCUT2D eigenvalue weighted by atomic mass is 10.0. The van der Waals surface area contributed by atoms with Crippen molar-refractivity contribution in [2.24, 2.45) is 0 Å². The van der Waals surface area contributed by atoms with Gasteiger partial charge in [-0.3, -0.25) is 9.48 Å². The smallest absolute Gasteiger partial charge is 0.274 e. The van der Waals surface area contributed by atoms with Gasteiger partial charge < -0.3 is 20.6 Å². The van der Waals surface area contributed by atoms with Gasteiger partial charge in [0.2, 0.25) is 0 Å². The minimum atomic E-state index is -0.129. The van der Waals surface area contributed by atoms with Crippen molar-refractivity contribution in [1.29, 1.82) is 0 Å². The van der Waals surface area contributed by atoms with Crippen molar-refractivity contribution in [2.45, 2.75) is 32.4 Å². The van der Waals surface area contributed by atoms with Crippen LogP contribution in [0.25, 0.3) is 0 Å². The highest BCUT2D eigenvalue weighted by atomic mass is 16.3. The van der Waals surface area contributed by atoms with Crippen LogP contribution in [0.1, 0.15) is 30.3 Å². The molecule has 1 aromatic rings. The van der Waals surface area contributed by atoms with Crippen molar-refractivity contribution in [1.82, 2.24) is 19.6 Å². The van der Waals surface area contributed by atoms with Crippen LogP contribution in [0.4, 0.5) is 5.69 Å². The molecule has 118 valence electrons. The van der Waals surface area contributed by atoms with Crippen LogP contribution in [0.3, 0.4) is 0 Å². The summed E-state index contributed by atoms with van der Waals surface area (Å²) in [7, 11) is 2.08. The molecule has 0 aliphatic carbocycles. The Morgan fingerprint density at radius 1 is 1.52 bits per heavy atom. The van der Waals surface area contributed by atoms with E-state index in [1.165, 1.54) is 6.20 Å². The van der Waals surface area contributed by atoms with Crippen molar-refractivity contribution in [3.63, 3.8) is 0 Å². The Balaban J connectivity index is 2.21. The maximum Gasteiger partial charge on any atom is 0.274 e. The number of hydrogen-bond acceptors (Lipinski definition) is 5. The Kier molecular flexibility index (Phi) is 5.19. The van der Waals surface area contributed by atoms with Crippen LogP contribution in [0.2, 0.25) is 0 Å². The summed E-state index contributed by atoms with van der Waals surface area (Å²) in [6.45, 7) is 4.73. The molecule has 0 spiro atoms. The standard InChI is InChI=1S/C14H25N5O2/c1-3-19-13(12(15)10-16-19)14(21)18(8-9-20)11-4-6-17(2)7-5-11/h10-11,20H,3-9,15H2,1-2H3. The summed E-state index contributed by atoms with van der Waals surface area (Å²) in [6.07, 6.45) is 3.35. The average molecular weight is 295 g/mol. The van der Waals surface area contributed by atoms with Crippen LogP contribution >= 0.6 is 0 Å². The maximum atomic E-state index is 12.8. The largest absolute Gasteiger partial charge is 0.396 e. The minimum absolute atomic E-state index is 0.0434. The predicted molar refractivity (Wildman–Crippen MR) is 81.0 cm³/mol. The molecule has 21 heavy (non-hydrogen) atoms. The van der Waals surface area contributed by atoms with Gasteiger partial charge in [0, 0.05) is 19.1 Å². The molecule has 0 saturated carbocycles. The van der Waals surface area contributed by atoms with Crippen molar-refractivity contribution in [2.75, 3.05) is 39.0 Å². The molecule has 1 fully saturated rings. The molecule has 0 aromatic carbocycles. The molecule has 1 amide bonds. The Morgan fingerprint density at radius 2 is 2.19 bits per heavy atom. The monoisotopic (exact) mass is 295 g/mol. The second kappa shape index (κ2) is 6.91. The quantitative estimate of drug-likeness (QED) is 0.799. The van der Waals surface area contributed by atoms with Crippen molar-refractivity contribution in [3.05, 3.63) is 11.9 Å². The fraction of sp³-hybridized carbons (Fsp3) is 0.714. The van der Waals surface area contributed by atoms with Crippen LogP contribution in [0.15, 0.2) is 6.20 Å². The summed E-state index contributed by atoms with van der Waals surface area (Å²) in [5.41, 5.74) is 6.74. The van der Waals surface area contributed by atoms with E-state index in [1.54, 1.807) is 9.58 Å². The third-order valence-corrected chi connectivity index (χ3v) is 4.10. The number of hydrogen-bond donors (Lipinski definition) is 2. The maximum absolute atomic E-state index is 12.8. The van der Waals surface area contributed by atoms with Gasteiger partial charge in [-0.1, -0.05) is 0 Å². The zero-order valence-corrected chi connectivity index (χ0v) is 12.8. The third kappa shape index (κ3) is 3.36. The lowest BCUT2D eigenvalue weighted by molar-refractivity contribution is 0.0529. The van der Waals surface area contributed by atoms with E-state index in [-0.39, 0.29) is 18.6 Å². The molecule has 1 aliphatic heterocycles. The van der Waals surface area contributed by atoms with E-state index in [4.69, 9.17) is 5.73 Å². The number of piperidine rings is 1. The number of aliphatic hydroxyl groups is 1. The van der Waals surface area contributed by atoms with E-state index >= 15 is 0 Å². The number of aromatic nitrogens is 2. The highest BCUT2D eigenvalue weighted by Crippen LogP contribution is 2.20. The normalized spacial score (nSPS) is 17.1. The van der Waals surface area contributed by atoms with Crippen molar-refractivity contribution >= 4 is 11.6 Å². The zero-order valence-electron chi connectivity index (χ0n) is 12.8. The number of anilines is 1. The predicted octanol–water partition coefficient (Wildman–Crippen LogP) is 0.0139. The molecule has 7 nitrogen and oxygen atoms in total. The first kappa shape index (κ1) is 15.8. The number of aryl methyl sites for hydroxylation is 1. The fourth-order valence-corrected chi connectivity index (χ4v) is 2.87. The van der Waals surface area contributed by atoms with Crippen molar-refractivity contribution in [3.8, 4) is 0 Å². The minimum Gasteiger partial charge on any atom is -0.396 e. The molecular formula is C14H25N5O2. The Hall–Kier alpha value is -1.60. The number of nitrogen functional groups attached to an aromatic ring is 1. The van der Waals surface area contributed by atoms with Gasteiger partial charge in [0.25, 0.3) is 5.91 Å². The van der Waals surface area contributed by atoms with Gasteiger partial charge in [0.15, 0.2) is 0 Å². The first-order valence-electron chi connectivity index (χ1n) is 7.50. The second-order valence-corrected chi connectivity index (χ2v) is 5.52. The van der Waals surface area contributed by atoms with E-state index < -0.39 is 0 Å². The number of rotatable bonds is 5. The van der Waals surface area contributed by atoms with Gasteiger partial charge in [-0.2, -0.15) is 5.10 Å². The molecule has 0 atom stereocenters. The van der Waals surface area contributed by atoms with Gasteiger partial charge in [-0.15, -0.1) is 0 Å². The fourth-order valence-electron chi connectivity index (χ4n) is 2.87. The average Bonchev–Trinajstić information content (AvgIpc) is 2.86. The Labute approximate surface area is 125 Å². The van der Waals surface area contributed by atoms with Crippen LogP contribution in [-0.4, -0.2) is 69.9 Å². The van der Waals surface area contributed by atoms with Crippen molar-refractivity contribution < 1.29 is 9.90 Å². The van der Waals surface area contributed by atoms with E-state index in [9.17, 15) is 9.90 Å². The molecule has 0 bridgehead atoms. The lowest BCUT2D eigenvalue weighted by Crippen LogP contribution is -2.48. The Bertz CT molecular complexity index is 480. The van der Waals surface area contributed by atoms with Crippen LogP contribution < -0.4 is 5.73 Å². The SMILES string of the molecule is CCn1ncc(N)c1C(=O)N(CCO)C1CCN(C)CC1. The lowest BCUT2D eigenvalue weighted by Gasteiger charge is -2.37. The molecule has 0 radical (unpaired) electrons. The molecule has 1 aliphatic rings. The number of amides is 1. The number of likely N-dealkylation sites (tertiary alicyclic amines) is 1. The summed E-state index contributed by atoms with van der Waals surface area (Å²) in [6, 6.07) is 0.153. The van der Waals surface area contributed by atoms with E-state index in [1.807, 2.05) is 6.92 Å². The van der Waals surface area contributed by atoms with Gasteiger partial charge in [0.05, 0.1) is 18.5 Å². The summed E-state index contributed by atoms with van der Waals surface area (Å²) in [4.78, 5) is 16.8. The molecular weight excluding hydrogens is 270 g/mol. The molecule has 2 rings (SSSR count). The molecule has 1 saturated heterocycles. The molecule has 0 unspecified atom stereocenters. The zero-order chi connectivity index (χ0) is 15.4. The Morgan fingerprint density at radius 3 is 2.76 bits per heavy atom. The number of carbonyl (C=O) groups excluding carboxylic acids is 1. The highest BCUT2D eigenvalue weighted by Gasteiger charge is 2.30. The van der Waals surface area contributed by atoms with Crippen LogP contribution in [-0.2, 0) is 6.54 Å². The summed E-state index contributed by atoms with van der Waals surface area (Å²) >= 11 is 0. The third-order valence-electron chi connectivity index (χ3n) is 4.10. The summed E-state index contributed by atoms with van der Waals surface area (Å²) in [5, 5.41) is 13.4. The van der Waals surface area contributed by atoms with Gasteiger partial charge in [0.1, 0.15) is 5.69 Å². The van der Waals surface area contributed by atoms with Gasteiger partial charge in [-0.05, 0) is 39.9 Å². The number of aliphatic hydroxyl groups excluding tert-OH is 1. The summed E-state index contributed by atoms with van der Waals surface area (Å²) in [5.74, 6) is -0.129. The van der Waals surface area contributed by atoms with Crippen LogP contribution in [0.5, 0.6) is 0 Å². The second-order valence-electron chi connectivity index (χ2n) is 5.52. The molecule has 7 heteroatoms. The highest BCUT2D eigenvalue weighted by molar-refractivity contribution is 5.97. The number of nitrogens with two attached hydrogens (primary N) is 1. The van der Waals surface area contributed by atoms with Gasteiger partial charge in [-0.25, -0.2) is 0 Å². The number of nitrogens with zero attached hydrogens (tertiary/aromatic N) is 4. The topological polar surface area (TPSA) is 87.6 Å². The van der Waals surface area contributed by atoms with Crippen LogP contribution in [0, 0.1) is 0 Å². The molecule has 3 N–H and O–H groups in total.